The number of benzene rings is 1. The second-order valence-electron chi connectivity index (χ2n) is 7.96. The number of rotatable bonds is 6. The van der Waals surface area contributed by atoms with E-state index < -0.39 is 0 Å². The van der Waals surface area contributed by atoms with Gasteiger partial charge in [0.25, 0.3) is 0 Å². The normalized spacial score (nSPS) is 17.5. The molecule has 0 aliphatic carbocycles. The number of aryl methyl sites for hydroxylation is 1. The van der Waals surface area contributed by atoms with E-state index in [1.54, 1.807) is 0 Å². The lowest BCUT2D eigenvalue weighted by Crippen LogP contribution is -2.38. The molecular weight excluding hydrogens is 394 g/mol. The maximum atomic E-state index is 12.0. The zero-order valence-electron chi connectivity index (χ0n) is 18.3. The van der Waals surface area contributed by atoms with Gasteiger partial charge in [-0.05, 0) is 38.8 Å². The van der Waals surface area contributed by atoms with Gasteiger partial charge in [0.05, 0.1) is 37.1 Å². The van der Waals surface area contributed by atoms with Crippen molar-refractivity contribution in [2.24, 2.45) is 5.92 Å². The number of hydrogen-bond acceptors (Lipinski definition) is 8. The van der Waals surface area contributed by atoms with Crippen molar-refractivity contribution >= 4 is 29.1 Å². The molecule has 2 aromatic rings. The van der Waals surface area contributed by atoms with E-state index >= 15 is 0 Å². The molecule has 3 heterocycles. The van der Waals surface area contributed by atoms with Crippen molar-refractivity contribution in [2.75, 3.05) is 61.1 Å². The van der Waals surface area contributed by atoms with E-state index in [1.807, 2.05) is 32.2 Å². The molecule has 2 saturated heterocycles. The van der Waals surface area contributed by atoms with Crippen LogP contribution in [0.5, 0.6) is 0 Å². The molecule has 0 unspecified atom stereocenters. The first-order chi connectivity index (χ1) is 15.2. The molecule has 0 spiro atoms. The molecule has 0 saturated carbocycles. The monoisotopic (exact) mass is 425 g/mol. The van der Waals surface area contributed by atoms with Crippen LogP contribution >= 0.6 is 0 Å². The van der Waals surface area contributed by atoms with Crippen LogP contribution in [0, 0.1) is 12.8 Å². The fraction of sp³-hybridized carbons (Fsp3) is 0.522. The predicted octanol–water partition coefficient (Wildman–Crippen LogP) is 3.14. The van der Waals surface area contributed by atoms with Crippen LogP contribution < -0.4 is 15.1 Å². The highest BCUT2D eigenvalue weighted by atomic mass is 16.5. The number of anilines is 4. The highest BCUT2D eigenvalue weighted by Crippen LogP contribution is 2.30. The Morgan fingerprint density at radius 3 is 2.65 bits per heavy atom. The Labute approximate surface area is 183 Å². The van der Waals surface area contributed by atoms with Gasteiger partial charge >= 0.3 is 5.97 Å². The lowest BCUT2D eigenvalue weighted by atomic mass is 9.97. The van der Waals surface area contributed by atoms with Crippen molar-refractivity contribution < 1.29 is 14.3 Å². The fourth-order valence-corrected chi connectivity index (χ4v) is 4.18. The Hall–Kier alpha value is -2.87. The van der Waals surface area contributed by atoms with Gasteiger partial charge in [0.2, 0.25) is 5.95 Å². The molecule has 1 aromatic carbocycles. The molecule has 1 aromatic heterocycles. The van der Waals surface area contributed by atoms with Gasteiger partial charge in [-0.25, -0.2) is 4.98 Å². The summed E-state index contributed by atoms with van der Waals surface area (Å²) < 4.78 is 10.7. The molecule has 2 fully saturated rings. The molecule has 0 atom stereocenters. The van der Waals surface area contributed by atoms with E-state index in [0.717, 1.165) is 75.0 Å². The fourth-order valence-electron chi connectivity index (χ4n) is 4.18. The zero-order chi connectivity index (χ0) is 21.6. The van der Waals surface area contributed by atoms with Crippen LogP contribution in [0.4, 0.5) is 23.1 Å². The Morgan fingerprint density at radius 1 is 1.16 bits per heavy atom. The minimum atomic E-state index is -0.0800. The molecule has 166 valence electrons. The second kappa shape index (κ2) is 9.96. The third kappa shape index (κ3) is 5.07. The van der Waals surface area contributed by atoms with Gasteiger partial charge in [-0.2, -0.15) is 4.98 Å². The Balaban J connectivity index is 1.48. The molecule has 0 bridgehead atoms. The zero-order valence-corrected chi connectivity index (χ0v) is 18.3. The van der Waals surface area contributed by atoms with Crippen molar-refractivity contribution in [3.8, 4) is 0 Å². The average molecular weight is 426 g/mol. The number of carbonyl (C=O) groups is 1. The molecule has 0 radical (unpaired) electrons. The van der Waals surface area contributed by atoms with Crippen LogP contribution in [0.2, 0.25) is 0 Å². The number of nitrogens with one attached hydrogen (secondary N) is 1. The SMILES string of the molecule is CCOC(=O)C1CCN(c2nc(Nc3ccccc3N3CCOCC3)ncc2C)CC1. The second-order valence-corrected chi connectivity index (χ2v) is 7.96. The van der Waals surface area contributed by atoms with Gasteiger partial charge in [-0.3, -0.25) is 4.79 Å². The largest absolute Gasteiger partial charge is 0.466 e. The lowest BCUT2D eigenvalue weighted by molar-refractivity contribution is -0.148. The van der Waals surface area contributed by atoms with E-state index in [1.165, 1.54) is 0 Å². The molecule has 4 rings (SSSR count). The number of morpholine rings is 1. The summed E-state index contributed by atoms with van der Waals surface area (Å²) in [7, 11) is 0. The summed E-state index contributed by atoms with van der Waals surface area (Å²) in [6, 6.07) is 8.23. The molecule has 0 amide bonds. The number of para-hydroxylation sites is 2. The van der Waals surface area contributed by atoms with Gasteiger partial charge < -0.3 is 24.6 Å². The predicted molar refractivity (Wildman–Crippen MR) is 121 cm³/mol. The highest BCUT2D eigenvalue weighted by molar-refractivity contribution is 5.74. The number of esters is 1. The van der Waals surface area contributed by atoms with E-state index in [0.29, 0.717) is 12.6 Å². The smallest absolute Gasteiger partial charge is 0.309 e. The van der Waals surface area contributed by atoms with Crippen LogP contribution in [0.3, 0.4) is 0 Å². The van der Waals surface area contributed by atoms with E-state index in [9.17, 15) is 4.79 Å². The standard InChI is InChI=1S/C23H31N5O3/c1-3-31-22(29)18-8-10-28(11-9-18)21-17(2)16-24-23(26-21)25-19-6-4-5-7-20(19)27-12-14-30-15-13-27/h4-7,16,18H,3,8-15H2,1-2H3,(H,24,25,26). The summed E-state index contributed by atoms with van der Waals surface area (Å²) in [5.41, 5.74) is 3.15. The lowest BCUT2D eigenvalue weighted by Gasteiger charge is -2.33. The summed E-state index contributed by atoms with van der Waals surface area (Å²) in [4.78, 5) is 25.9. The van der Waals surface area contributed by atoms with Crippen molar-refractivity contribution in [3.63, 3.8) is 0 Å². The van der Waals surface area contributed by atoms with Gasteiger partial charge in [-0.15, -0.1) is 0 Å². The van der Waals surface area contributed by atoms with Crippen LogP contribution in [0.25, 0.3) is 0 Å². The topological polar surface area (TPSA) is 79.8 Å². The highest BCUT2D eigenvalue weighted by Gasteiger charge is 2.27. The summed E-state index contributed by atoms with van der Waals surface area (Å²) in [5, 5.41) is 3.41. The molecule has 8 nitrogen and oxygen atoms in total. The number of ether oxygens (including phenoxy) is 2. The Morgan fingerprint density at radius 2 is 1.90 bits per heavy atom. The minimum Gasteiger partial charge on any atom is -0.466 e. The summed E-state index contributed by atoms with van der Waals surface area (Å²) in [6.07, 6.45) is 3.43. The Bertz CT molecular complexity index is 893. The van der Waals surface area contributed by atoms with Crippen molar-refractivity contribution in [2.45, 2.75) is 26.7 Å². The number of hydrogen-bond donors (Lipinski definition) is 1. The molecule has 2 aliphatic rings. The number of nitrogens with zero attached hydrogens (tertiary/aromatic N) is 4. The third-order valence-electron chi connectivity index (χ3n) is 5.86. The van der Waals surface area contributed by atoms with Gasteiger partial charge in [-0.1, -0.05) is 12.1 Å². The Kier molecular flexibility index (Phi) is 6.86. The molecule has 1 N–H and O–H groups in total. The van der Waals surface area contributed by atoms with Crippen LogP contribution in [-0.2, 0) is 14.3 Å². The van der Waals surface area contributed by atoms with Crippen molar-refractivity contribution in [1.29, 1.82) is 0 Å². The quantitative estimate of drug-likeness (QED) is 0.707. The molecule has 2 aliphatic heterocycles. The molecule has 31 heavy (non-hydrogen) atoms. The van der Waals surface area contributed by atoms with Crippen LogP contribution in [-0.4, -0.2) is 61.9 Å². The summed E-state index contributed by atoms with van der Waals surface area (Å²) in [5.74, 6) is 1.40. The average Bonchev–Trinajstić information content (AvgIpc) is 2.81. The van der Waals surface area contributed by atoms with E-state index in [-0.39, 0.29) is 11.9 Å². The molecule has 8 heteroatoms. The van der Waals surface area contributed by atoms with Gasteiger partial charge in [0.1, 0.15) is 5.82 Å². The van der Waals surface area contributed by atoms with E-state index in [4.69, 9.17) is 14.5 Å². The van der Waals surface area contributed by atoms with Crippen molar-refractivity contribution in [1.82, 2.24) is 9.97 Å². The maximum absolute atomic E-state index is 12.0. The van der Waals surface area contributed by atoms with Crippen molar-refractivity contribution in [3.05, 3.63) is 36.0 Å². The third-order valence-corrected chi connectivity index (χ3v) is 5.86. The van der Waals surface area contributed by atoms with Crippen LogP contribution in [0.15, 0.2) is 30.5 Å². The number of aromatic nitrogens is 2. The van der Waals surface area contributed by atoms with Gasteiger partial charge in [0.15, 0.2) is 0 Å². The first-order valence-electron chi connectivity index (χ1n) is 11.1. The first kappa shape index (κ1) is 21.4. The minimum absolute atomic E-state index is 0.0173. The maximum Gasteiger partial charge on any atom is 0.309 e. The number of piperidine rings is 1. The van der Waals surface area contributed by atoms with E-state index in [2.05, 4.69) is 32.2 Å². The summed E-state index contributed by atoms with van der Waals surface area (Å²) >= 11 is 0. The first-order valence-corrected chi connectivity index (χ1v) is 11.1. The van der Waals surface area contributed by atoms with Gasteiger partial charge in [0, 0.05) is 37.9 Å². The summed E-state index contributed by atoms with van der Waals surface area (Å²) in [6.45, 7) is 9.09. The van der Waals surface area contributed by atoms with Crippen LogP contribution in [0.1, 0.15) is 25.3 Å². The number of carbonyl (C=O) groups excluding carboxylic acids is 1. The molecular formula is C23H31N5O3.